The molecule has 1 N–H and O–H groups in total. The largest absolute Gasteiger partial charge is 0.416 e. The molecule has 1 fully saturated rings. The first-order valence-electron chi connectivity index (χ1n) is 12.0. The number of likely N-dealkylation sites (tertiary alicyclic amines) is 1. The number of hydrogen-bond acceptors (Lipinski definition) is 6. The van der Waals surface area contributed by atoms with Crippen LogP contribution in [-0.2, 0) is 19.0 Å². The first-order valence-corrected chi connectivity index (χ1v) is 13.6. The number of alkyl halides is 3. The number of nitrogens with one attached hydrogen (secondary N) is 1. The van der Waals surface area contributed by atoms with Crippen LogP contribution in [0.15, 0.2) is 42.5 Å². The van der Waals surface area contributed by atoms with E-state index in [1.807, 2.05) is 0 Å². The van der Waals surface area contributed by atoms with Crippen molar-refractivity contribution >= 4 is 56.4 Å². The van der Waals surface area contributed by atoms with Gasteiger partial charge in [0.25, 0.3) is 0 Å². The molecule has 5 nitrogen and oxygen atoms in total. The average molecular weight is 566 g/mol. The quantitative estimate of drug-likeness (QED) is 0.236. The first-order chi connectivity index (χ1) is 17.8. The minimum absolute atomic E-state index is 0.434. The molecule has 2 aromatic carbocycles. The molecule has 1 aliphatic heterocycles. The predicted molar refractivity (Wildman–Crippen MR) is 143 cm³/mol. The summed E-state index contributed by atoms with van der Waals surface area (Å²) in [5.41, 5.74) is 1.12. The average Bonchev–Trinajstić information content (AvgIpc) is 3.51. The molecule has 11 heteroatoms. The molecule has 0 unspecified atom stereocenters. The molecule has 2 aromatic heterocycles. The fourth-order valence-electron chi connectivity index (χ4n) is 4.38. The fraction of sp³-hybridized carbons (Fsp3) is 0.346. The highest BCUT2D eigenvalue weighted by Gasteiger charge is 2.30. The normalized spacial score (nSPS) is 14.5. The molecule has 0 bridgehead atoms. The maximum absolute atomic E-state index is 13.0. The lowest BCUT2D eigenvalue weighted by Gasteiger charge is -2.14. The summed E-state index contributed by atoms with van der Waals surface area (Å²) < 4.78 is 39.0. The maximum Gasteiger partial charge on any atom is 0.416 e. The minimum atomic E-state index is -4.40. The molecule has 0 saturated carbocycles. The van der Waals surface area contributed by atoms with Gasteiger partial charge < -0.3 is 10.2 Å². The summed E-state index contributed by atoms with van der Waals surface area (Å²) in [5.74, 6) is 1.14. The molecule has 0 atom stereocenters. The van der Waals surface area contributed by atoms with Gasteiger partial charge in [0, 0.05) is 28.6 Å². The van der Waals surface area contributed by atoms with Crippen LogP contribution in [0.2, 0.25) is 10.0 Å². The molecule has 0 aliphatic carbocycles. The number of benzene rings is 2. The lowest BCUT2D eigenvalue weighted by molar-refractivity contribution is -0.137. The molecule has 3 heterocycles. The summed E-state index contributed by atoms with van der Waals surface area (Å²) in [7, 11) is 0. The van der Waals surface area contributed by atoms with Gasteiger partial charge in [-0.2, -0.15) is 13.2 Å². The van der Waals surface area contributed by atoms with Crippen molar-refractivity contribution in [3.05, 3.63) is 74.5 Å². The van der Waals surface area contributed by atoms with E-state index in [0.29, 0.717) is 50.6 Å². The number of thiazole rings is 1. The van der Waals surface area contributed by atoms with Crippen LogP contribution < -0.4 is 5.32 Å². The number of aryl methyl sites for hydroxylation is 1. The number of hydrogen-bond donors (Lipinski definition) is 1. The Balaban J connectivity index is 1.44. The van der Waals surface area contributed by atoms with Gasteiger partial charge in [-0.1, -0.05) is 40.6 Å². The second-order valence-electron chi connectivity index (χ2n) is 8.98. The molecule has 5 rings (SSSR count). The maximum atomic E-state index is 13.0. The van der Waals surface area contributed by atoms with Gasteiger partial charge in [-0.3, -0.25) is 0 Å². The standard InChI is InChI=1S/C26H24Cl2F3N5S/c27-19-5-3-6-20(28)18(19)15-22-35-23-24(32-17-10-8-16(9-11-17)26(29,30)31)33-21(34-25(23)37-22)7-4-14-36-12-1-2-13-36/h3,5-6,8-11H,1-2,4,7,12-15H2,(H,32,33,34). The number of rotatable bonds is 8. The van der Waals surface area contributed by atoms with Crippen molar-refractivity contribution in [2.45, 2.75) is 38.3 Å². The van der Waals surface area contributed by atoms with Gasteiger partial charge in [-0.05, 0) is 80.9 Å². The Hall–Kier alpha value is -2.46. The van der Waals surface area contributed by atoms with Crippen molar-refractivity contribution in [1.82, 2.24) is 19.9 Å². The molecule has 1 saturated heterocycles. The topological polar surface area (TPSA) is 53.9 Å². The van der Waals surface area contributed by atoms with Crippen molar-refractivity contribution in [3.8, 4) is 0 Å². The Bertz CT molecular complexity index is 1370. The first kappa shape index (κ1) is 26.2. The van der Waals surface area contributed by atoms with Crippen LogP contribution in [0, 0.1) is 0 Å². The number of fused-ring (bicyclic) bond motifs is 1. The predicted octanol–water partition coefficient (Wildman–Crippen LogP) is 7.77. The van der Waals surface area contributed by atoms with E-state index in [2.05, 4.69) is 10.2 Å². The smallest absolute Gasteiger partial charge is 0.338 e. The third-order valence-corrected chi connectivity index (χ3v) is 7.94. The van der Waals surface area contributed by atoms with Gasteiger partial charge in [-0.15, -0.1) is 0 Å². The van der Waals surface area contributed by atoms with Gasteiger partial charge in [-0.25, -0.2) is 15.0 Å². The van der Waals surface area contributed by atoms with Crippen LogP contribution in [0.3, 0.4) is 0 Å². The summed E-state index contributed by atoms with van der Waals surface area (Å²) in [6.45, 7) is 3.24. The molecule has 1 aliphatic rings. The van der Waals surface area contributed by atoms with Crippen LogP contribution in [-0.4, -0.2) is 39.5 Å². The molecule has 0 spiro atoms. The third-order valence-electron chi connectivity index (χ3n) is 6.29. The van der Waals surface area contributed by atoms with Gasteiger partial charge in [0.05, 0.1) is 5.56 Å². The van der Waals surface area contributed by atoms with Crippen molar-refractivity contribution < 1.29 is 13.2 Å². The van der Waals surface area contributed by atoms with E-state index in [9.17, 15) is 13.2 Å². The van der Waals surface area contributed by atoms with Gasteiger partial charge in [0.15, 0.2) is 5.82 Å². The Kier molecular flexibility index (Phi) is 7.85. The van der Waals surface area contributed by atoms with E-state index in [-0.39, 0.29) is 0 Å². The molecule has 0 amide bonds. The lowest BCUT2D eigenvalue weighted by atomic mass is 10.1. The van der Waals surface area contributed by atoms with Crippen molar-refractivity contribution in [3.63, 3.8) is 0 Å². The van der Waals surface area contributed by atoms with Crippen LogP contribution in [0.5, 0.6) is 0 Å². The fourth-order valence-corrected chi connectivity index (χ4v) is 5.88. The minimum Gasteiger partial charge on any atom is -0.338 e. The van der Waals surface area contributed by atoms with Crippen LogP contribution >= 0.6 is 34.5 Å². The van der Waals surface area contributed by atoms with Gasteiger partial charge in [0.1, 0.15) is 21.2 Å². The van der Waals surface area contributed by atoms with Gasteiger partial charge >= 0.3 is 6.18 Å². The lowest BCUT2D eigenvalue weighted by Crippen LogP contribution is -2.21. The highest BCUT2D eigenvalue weighted by molar-refractivity contribution is 7.18. The number of nitrogens with zero attached hydrogens (tertiary/aromatic N) is 4. The molecule has 4 aromatic rings. The Morgan fingerprint density at radius 2 is 1.65 bits per heavy atom. The van der Waals surface area contributed by atoms with Gasteiger partial charge in [0.2, 0.25) is 0 Å². The van der Waals surface area contributed by atoms with Crippen LogP contribution in [0.4, 0.5) is 24.7 Å². The van der Waals surface area contributed by atoms with E-state index < -0.39 is 11.7 Å². The van der Waals surface area contributed by atoms with E-state index in [4.69, 9.17) is 38.2 Å². The molecular formula is C26H24Cl2F3N5S. The summed E-state index contributed by atoms with van der Waals surface area (Å²) in [6.07, 6.45) is 0.131. The Morgan fingerprint density at radius 3 is 2.32 bits per heavy atom. The summed E-state index contributed by atoms with van der Waals surface area (Å²) in [4.78, 5) is 17.4. The molecular weight excluding hydrogens is 542 g/mol. The zero-order valence-electron chi connectivity index (χ0n) is 19.8. The van der Waals surface area contributed by atoms with E-state index >= 15 is 0 Å². The second kappa shape index (κ2) is 11.1. The second-order valence-corrected chi connectivity index (χ2v) is 10.9. The van der Waals surface area contributed by atoms with Crippen molar-refractivity contribution in [2.75, 3.05) is 25.0 Å². The van der Waals surface area contributed by atoms with E-state index in [0.717, 1.165) is 48.8 Å². The molecule has 194 valence electrons. The number of anilines is 2. The Labute approximate surface area is 226 Å². The highest BCUT2D eigenvalue weighted by atomic mass is 35.5. The Morgan fingerprint density at radius 1 is 0.946 bits per heavy atom. The summed E-state index contributed by atoms with van der Waals surface area (Å²) in [5, 5.41) is 5.05. The number of halogens is 5. The van der Waals surface area contributed by atoms with Crippen LogP contribution in [0.25, 0.3) is 10.3 Å². The summed E-state index contributed by atoms with van der Waals surface area (Å²) >= 11 is 14.2. The third kappa shape index (κ3) is 6.34. The van der Waals surface area contributed by atoms with Crippen LogP contribution in [0.1, 0.15) is 41.2 Å². The SMILES string of the molecule is FC(F)(F)c1ccc(Nc2nc(CCCN3CCCC3)nc3sc(Cc4c(Cl)cccc4Cl)nc23)cc1. The molecule has 0 radical (unpaired) electrons. The zero-order valence-corrected chi connectivity index (χ0v) is 22.1. The monoisotopic (exact) mass is 565 g/mol. The highest BCUT2D eigenvalue weighted by Crippen LogP contribution is 2.34. The molecule has 37 heavy (non-hydrogen) atoms. The zero-order chi connectivity index (χ0) is 26.0. The number of aromatic nitrogens is 3. The van der Waals surface area contributed by atoms with E-state index in [1.54, 1.807) is 18.2 Å². The van der Waals surface area contributed by atoms with Crippen molar-refractivity contribution in [1.29, 1.82) is 0 Å². The van der Waals surface area contributed by atoms with E-state index in [1.165, 1.54) is 36.3 Å². The van der Waals surface area contributed by atoms with Crippen molar-refractivity contribution in [2.24, 2.45) is 0 Å². The summed E-state index contributed by atoms with van der Waals surface area (Å²) in [6, 6.07) is 10.2.